The number of anilines is 2. The van der Waals surface area contributed by atoms with Crippen molar-refractivity contribution in [3.05, 3.63) is 83.3 Å². The maximum Gasteiger partial charge on any atom is 0.271 e. The minimum Gasteiger partial charge on any atom is -0.350 e. The molecule has 0 saturated carbocycles. The molecule has 1 amide bonds. The number of nitriles is 1. The first-order chi connectivity index (χ1) is 13.2. The van der Waals surface area contributed by atoms with Crippen LogP contribution in [0.25, 0.3) is 0 Å². The molecule has 3 aromatic rings. The fourth-order valence-electron chi connectivity index (χ4n) is 2.41. The van der Waals surface area contributed by atoms with Crippen LogP contribution in [-0.4, -0.2) is 22.6 Å². The van der Waals surface area contributed by atoms with Gasteiger partial charge in [0.1, 0.15) is 11.9 Å². The maximum absolute atomic E-state index is 12.9. The zero-order chi connectivity index (χ0) is 19.1. The highest BCUT2D eigenvalue weighted by molar-refractivity contribution is 5.92. The molecule has 0 radical (unpaired) electrons. The first-order valence-corrected chi connectivity index (χ1v) is 8.28. The highest BCUT2D eigenvalue weighted by Gasteiger charge is 2.09. The number of hydrogen-bond acceptors (Lipinski definition) is 5. The van der Waals surface area contributed by atoms with Gasteiger partial charge in [0.2, 0.25) is 0 Å². The molecule has 0 aliphatic heterocycles. The van der Waals surface area contributed by atoms with E-state index in [9.17, 15) is 9.18 Å². The molecule has 2 aromatic carbocycles. The van der Waals surface area contributed by atoms with Crippen molar-refractivity contribution in [3.63, 3.8) is 0 Å². The predicted molar refractivity (Wildman–Crippen MR) is 98.9 cm³/mol. The van der Waals surface area contributed by atoms with Crippen molar-refractivity contribution in [2.24, 2.45) is 0 Å². The number of halogens is 1. The van der Waals surface area contributed by atoms with Crippen molar-refractivity contribution < 1.29 is 9.18 Å². The summed E-state index contributed by atoms with van der Waals surface area (Å²) in [5, 5.41) is 22.7. The summed E-state index contributed by atoms with van der Waals surface area (Å²) in [5.74, 6) is -0.196. The Labute approximate surface area is 155 Å². The molecule has 0 unspecified atom stereocenters. The lowest BCUT2D eigenvalue weighted by atomic mass is 10.1. The molecule has 27 heavy (non-hydrogen) atoms. The van der Waals surface area contributed by atoms with Gasteiger partial charge in [-0.25, -0.2) is 4.39 Å². The van der Waals surface area contributed by atoms with Crippen molar-refractivity contribution in [3.8, 4) is 6.07 Å². The summed E-state index contributed by atoms with van der Waals surface area (Å²) >= 11 is 0. The lowest BCUT2D eigenvalue weighted by Gasteiger charge is -2.08. The molecule has 0 aliphatic rings. The number of benzene rings is 2. The van der Waals surface area contributed by atoms with E-state index < -0.39 is 0 Å². The molecule has 3 rings (SSSR count). The summed E-state index contributed by atoms with van der Waals surface area (Å²) in [6, 6.07) is 18.4. The standard InChI is InChI=1S/C20H16FN5O/c21-16-7-5-14(6-8-16)11-12-23-20(27)18-9-10-19(26-25-18)24-17-4-2-1-3-15(17)13-22/h1-10H,11-12H2,(H,23,27)(H,24,26). The Balaban J connectivity index is 1.55. The Hall–Kier alpha value is -3.79. The Kier molecular flexibility index (Phi) is 5.70. The van der Waals surface area contributed by atoms with E-state index in [1.54, 1.807) is 48.5 Å². The molecule has 7 heteroatoms. The van der Waals surface area contributed by atoms with Crippen LogP contribution < -0.4 is 10.6 Å². The van der Waals surface area contributed by atoms with E-state index in [0.29, 0.717) is 30.0 Å². The van der Waals surface area contributed by atoms with E-state index >= 15 is 0 Å². The van der Waals surface area contributed by atoms with Crippen LogP contribution >= 0.6 is 0 Å². The van der Waals surface area contributed by atoms with Gasteiger partial charge in [-0.2, -0.15) is 5.26 Å². The number of nitrogens with one attached hydrogen (secondary N) is 2. The van der Waals surface area contributed by atoms with E-state index in [-0.39, 0.29) is 17.4 Å². The van der Waals surface area contributed by atoms with Crippen LogP contribution in [0.5, 0.6) is 0 Å². The van der Waals surface area contributed by atoms with Crippen molar-refractivity contribution in [1.82, 2.24) is 15.5 Å². The van der Waals surface area contributed by atoms with Crippen LogP contribution in [0.2, 0.25) is 0 Å². The Morgan fingerprint density at radius 1 is 1.04 bits per heavy atom. The predicted octanol–water partition coefficient (Wildman–Crippen LogP) is 3.20. The van der Waals surface area contributed by atoms with Gasteiger partial charge >= 0.3 is 0 Å². The summed E-state index contributed by atoms with van der Waals surface area (Å²) in [6.07, 6.45) is 0.587. The minimum absolute atomic E-state index is 0.188. The molecule has 0 saturated heterocycles. The lowest BCUT2D eigenvalue weighted by Crippen LogP contribution is -2.26. The highest BCUT2D eigenvalue weighted by atomic mass is 19.1. The Morgan fingerprint density at radius 3 is 2.52 bits per heavy atom. The zero-order valence-corrected chi connectivity index (χ0v) is 14.3. The second-order valence-electron chi connectivity index (χ2n) is 5.72. The second-order valence-corrected chi connectivity index (χ2v) is 5.72. The first-order valence-electron chi connectivity index (χ1n) is 8.28. The molecule has 134 valence electrons. The van der Waals surface area contributed by atoms with Crippen LogP contribution in [0.15, 0.2) is 60.7 Å². The summed E-state index contributed by atoms with van der Waals surface area (Å²) in [6.45, 7) is 0.404. The number of hydrogen-bond donors (Lipinski definition) is 2. The largest absolute Gasteiger partial charge is 0.350 e. The van der Waals surface area contributed by atoms with Gasteiger partial charge in [-0.15, -0.1) is 10.2 Å². The minimum atomic E-state index is -0.339. The Bertz CT molecular complexity index is 965. The SMILES string of the molecule is N#Cc1ccccc1Nc1ccc(C(=O)NCCc2ccc(F)cc2)nn1. The Morgan fingerprint density at radius 2 is 1.81 bits per heavy atom. The molecule has 0 fully saturated rings. The van der Waals surface area contributed by atoms with Gasteiger partial charge in [-0.05, 0) is 48.4 Å². The average Bonchev–Trinajstić information content (AvgIpc) is 2.70. The topological polar surface area (TPSA) is 90.7 Å². The number of amides is 1. The van der Waals surface area contributed by atoms with Gasteiger partial charge in [0.05, 0.1) is 11.3 Å². The summed E-state index contributed by atoms with van der Waals surface area (Å²) in [7, 11) is 0. The van der Waals surface area contributed by atoms with Crippen molar-refractivity contribution in [1.29, 1.82) is 5.26 Å². The van der Waals surface area contributed by atoms with E-state index in [2.05, 4.69) is 26.9 Å². The fraction of sp³-hybridized carbons (Fsp3) is 0.100. The van der Waals surface area contributed by atoms with Gasteiger partial charge < -0.3 is 10.6 Å². The summed E-state index contributed by atoms with van der Waals surface area (Å²) in [4.78, 5) is 12.1. The molecule has 2 N–H and O–H groups in total. The molecule has 1 heterocycles. The van der Waals surface area contributed by atoms with Crippen LogP contribution in [-0.2, 0) is 6.42 Å². The molecule has 6 nitrogen and oxygen atoms in total. The van der Waals surface area contributed by atoms with Gasteiger partial charge in [0.25, 0.3) is 5.91 Å². The van der Waals surface area contributed by atoms with E-state index in [4.69, 9.17) is 5.26 Å². The average molecular weight is 361 g/mol. The third-order valence-corrected chi connectivity index (χ3v) is 3.82. The molecule has 1 aromatic heterocycles. The number of nitrogens with zero attached hydrogens (tertiary/aromatic N) is 3. The molecule has 0 atom stereocenters. The van der Waals surface area contributed by atoms with Crippen molar-refractivity contribution >= 4 is 17.4 Å². The summed E-state index contributed by atoms with van der Waals surface area (Å²) < 4.78 is 12.9. The van der Waals surface area contributed by atoms with E-state index in [1.807, 2.05) is 0 Å². The maximum atomic E-state index is 12.9. The molecular weight excluding hydrogens is 345 g/mol. The molecular formula is C20H16FN5O. The monoisotopic (exact) mass is 361 g/mol. The van der Waals surface area contributed by atoms with Gasteiger partial charge in [0, 0.05) is 6.54 Å². The molecule has 0 aliphatic carbocycles. The van der Waals surface area contributed by atoms with Crippen molar-refractivity contribution in [2.45, 2.75) is 6.42 Å². The zero-order valence-electron chi connectivity index (χ0n) is 14.3. The van der Waals surface area contributed by atoms with Gasteiger partial charge in [0.15, 0.2) is 11.5 Å². The third-order valence-electron chi connectivity index (χ3n) is 3.82. The first kappa shape index (κ1) is 18.0. The smallest absolute Gasteiger partial charge is 0.271 e. The molecule has 0 bridgehead atoms. The normalized spacial score (nSPS) is 10.1. The lowest BCUT2D eigenvalue weighted by molar-refractivity contribution is 0.0948. The summed E-state index contributed by atoms with van der Waals surface area (Å²) in [5.41, 5.74) is 2.22. The van der Waals surface area contributed by atoms with Gasteiger partial charge in [-0.1, -0.05) is 24.3 Å². The van der Waals surface area contributed by atoms with Crippen LogP contribution in [0.1, 0.15) is 21.6 Å². The van der Waals surface area contributed by atoms with Crippen LogP contribution in [0.4, 0.5) is 15.9 Å². The van der Waals surface area contributed by atoms with Crippen molar-refractivity contribution in [2.75, 3.05) is 11.9 Å². The highest BCUT2D eigenvalue weighted by Crippen LogP contribution is 2.18. The third kappa shape index (κ3) is 4.86. The van der Waals surface area contributed by atoms with Crippen LogP contribution in [0, 0.1) is 17.1 Å². The number of aromatic nitrogens is 2. The van der Waals surface area contributed by atoms with E-state index in [1.165, 1.54) is 12.1 Å². The van der Waals surface area contributed by atoms with Crippen LogP contribution in [0.3, 0.4) is 0 Å². The fourth-order valence-corrected chi connectivity index (χ4v) is 2.41. The van der Waals surface area contributed by atoms with Gasteiger partial charge in [-0.3, -0.25) is 4.79 Å². The number of carbonyl (C=O) groups is 1. The number of para-hydroxylation sites is 1. The van der Waals surface area contributed by atoms with E-state index in [0.717, 1.165) is 5.56 Å². The second kappa shape index (κ2) is 8.54. The molecule has 0 spiro atoms. The number of carbonyl (C=O) groups excluding carboxylic acids is 1. The number of rotatable bonds is 6. The quantitative estimate of drug-likeness (QED) is 0.704.